The van der Waals surface area contributed by atoms with Crippen molar-refractivity contribution in [2.24, 2.45) is 12.5 Å². The Bertz CT molecular complexity index is 1550. The fourth-order valence-corrected chi connectivity index (χ4v) is 6.10. The summed E-state index contributed by atoms with van der Waals surface area (Å²) in [4.78, 5) is 2.34. The maximum atomic E-state index is 13.9. The summed E-state index contributed by atoms with van der Waals surface area (Å²) in [5, 5.41) is 5.22. The van der Waals surface area contributed by atoms with Gasteiger partial charge in [0.05, 0.1) is 34.2 Å². The lowest BCUT2D eigenvalue weighted by molar-refractivity contribution is -0.137. The smallest absolute Gasteiger partial charge is 0.371 e. The topological polar surface area (TPSA) is 26.0 Å². The van der Waals surface area contributed by atoms with E-state index in [2.05, 4.69) is 45.9 Å². The fraction of sp³-hybridized carbons (Fsp3) is 0.345. The van der Waals surface area contributed by atoms with Gasteiger partial charge in [0.15, 0.2) is 0 Å². The summed E-state index contributed by atoms with van der Waals surface area (Å²) in [6.45, 7) is 3.73. The second kappa shape index (κ2) is 8.71. The predicted octanol–water partition coefficient (Wildman–Crippen LogP) is 7.70. The molecule has 2 aromatic heterocycles. The summed E-state index contributed by atoms with van der Waals surface area (Å²) in [5.74, 6) is 0. The van der Waals surface area contributed by atoms with Crippen molar-refractivity contribution in [3.63, 3.8) is 0 Å². The van der Waals surface area contributed by atoms with E-state index in [0.717, 1.165) is 48.6 Å². The minimum atomic E-state index is -4.63. The molecule has 9 heteroatoms. The number of rotatable bonds is 4. The van der Waals surface area contributed by atoms with Crippen molar-refractivity contribution >= 4 is 22.2 Å². The first kappa shape index (κ1) is 24.7. The van der Waals surface area contributed by atoms with Gasteiger partial charge in [-0.25, -0.2) is 13.5 Å². The van der Waals surface area contributed by atoms with Crippen molar-refractivity contribution in [1.29, 1.82) is 0 Å². The number of para-hydroxylation sites is 1. The maximum absolute atomic E-state index is 13.9. The van der Waals surface area contributed by atoms with Gasteiger partial charge >= 0.3 is 6.18 Å². The number of benzene rings is 2. The Kier molecular flexibility index (Phi) is 5.66. The van der Waals surface area contributed by atoms with Crippen molar-refractivity contribution < 1.29 is 22.0 Å². The molecular weight excluding hydrogens is 499 g/mol. The highest BCUT2D eigenvalue weighted by Crippen LogP contribution is 2.53. The summed E-state index contributed by atoms with van der Waals surface area (Å²) < 4.78 is 72.1. The van der Waals surface area contributed by atoms with Crippen LogP contribution in [0.1, 0.15) is 48.1 Å². The third kappa shape index (κ3) is 3.99. The molecule has 1 aliphatic carbocycles. The normalized spacial score (nSPS) is 17.4. The Morgan fingerprint density at radius 1 is 1.03 bits per heavy atom. The average Bonchev–Trinajstić information content (AvgIpc) is 3.43. The quantitative estimate of drug-likeness (QED) is 0.255. The molecule has 1 saturated heterocycles. The first-order valence-corrected chi connectivity index (χ1v) is 12.6. The Balaban J connectivity index is 1.27. The molecular formula is C29H27F5N4. The summed E-state index contributed by atoms with van der Waals surface area (Å²) >= 11 is 0. The van der Waals surface area contributed by atoms with Crippen molar-refractivity contribution in [2.75, 3.05) is 18.0 Å². The molecule has 0 atom stereocenters. The zero-order valence-electron chi connectivity index (χ0n) is 21.1. The van der Waals surface area contributed by atoms with Gasteiger partial charge < -0.3 is 9.47 Å². The Labute approximate surface area is 217 Å². The average molecular weight is 527 g/mol. The van der Waals surface area contributed by atoms with Crippen molar-refractivity contribution in [1.82, 2.24) is 14.3 Å². The number of nitrogens with zero attached hydrogens (tertiary/aromatic N) is 4. The molecule has 2 aromatic carbocycles. The standard InChI is InChI=1S/C29H27F5N4/c1-18-17-36(2)25-13-20(7-8-21(18)25)37-11-9-28(10-12-37)14-19(15-28)26-22(27(30)31)16-35-38(26)24-6-4-3-5-23(24)29(32,33)34/h3-8,13-14,16-17,27H,9-12,15H2,1-2H3. The summed E-state index contributed by atoms with van der Waals surface area (Å²) in [6.07, 6.45) is -0.147. The molecule has 1 aliphatic heterocycles. The molecule has 0 unspecified atom stereocenters. The fourth-order valence-electron chi connectivity index (χ4n) is 6.10. The molecule has 1 spiro atoms. The van der Waals surface area contributed by atoms with Crippen LogP contribution in [-0.2, 0) is 13.2 Å². The maximum Gasteiger partial charge on any atom is 0.418 e. The molecule has 1 fully saturated rings. The third-order valence-corrected chi connectivity index (χ3v) is 8.10. The monoisotopic (exact) mass is 526 g/mol. The van der Waals surface area contributed by atoms with E-state index in [0.29, 0.717) is 12.0 Å². The zero-order valence-corrected chi connectivity index (χ0v) is 21.1. The van der Waals surface area contributed by atoms with Crippen LogP contribution >= 0.6 is 0 Å². The SMILES string of the molecule is Cc1cn(C)c2cc(N3CCC4(C=C(c5c(C(F)F)cnn5-c5ccccc5C(F)(F)F)C4)CC3)ccc12. The van der Waals surface area contributed by atoms with E-state index in [9.17, 15) is 22.0 Å². The second-order valence-electron chi connectivity index (χ2n) is 10.5. The molecule has 2 aliphatic rings. The Morgan fingerprint density at radius 3 is 2.42 bits per heavy atom. The number of hydrogen-bond donors (Lipinski definition) is 0. The number of fused-ring (bicyclic) bond motifs is 1. The molecule has 38 heavy (non-hydrogen) atoms. The van der Waals surface area contributed by atoms with Gasteiger partial charge in [0.1, 0.15) is 0 Å². The molecule has 0 bridgehead atoms. The lowest BCUT2D eigenvalue weighted by atomic mass is 9.64. The summed E-state index contributed by atoms with van der Waals surface area (Å²) in [5.41, 5.74) is 2.64. The van der Waals surface area contributed by atoms with Gasteiger partial charge in [-0.1, -0.05) is 24.3 Å². The van der Waals surface area contributed by atoms with E-state index in [-0.39, 0.29) is 22.4 Å². The molecule has 0 saturated carbocycles. The van der Waals surface area contributed by atoms with Crippen molar-refractivity contribution in [2.45, 2.75) is 38.8 Å². The number of piperidine rings is 1. The van der Waals surface area contributed by atoms with Crippen molar-refractivity contribution in [3.8, 4) is 5.69 Å². The van der Waals surface area contributed by atoms with Crippen LogP contribution in [0, 0.1) is 12.3 Å². The van der Waals surface area contributed by atoms with E-state index >= 15 is 0 Å². The first-order valence-electron chi connectivity index (χ1n) is 12.6. The van der Waals surface area contributed by atoms with Gasteiger partial charge in [-0.3, -0.25) is 0 Å². The first-order chi connectivity index (χ1) is 18.1. The lowest BCUT2D eigenvalue weighted by Gasteiger charge is -2.47. The van der Waals surface area contributed by atoms with Crippen LogP contribution in [0.5, 0.6) is 0 Å². The molecule has 3 heterocycles. The van der Waals surface area contributed by atoms with E-state index in [4.69, 9.17) is 0 Å². The number of hydrogen-bond acceptors (Lipinski definition) is 2. The van der Waals surface area contributed by atoms with Gasteiger partial charge in [-0.05, 0) is 67.0 Å². The molecule has 4 nitrogen and oxygen atoms in total. The number of alkyl halides is 5. The van der Waals surface area contributed by atoms with Gasteiger partial charge in [0.2, 0.25) is 0 Å². The zero-order chi connectivity index (χ0) is 26.8. The summed E-state index contributed by atoms with van der Waals surface area (Å²) in [7, 11) is 2.04. The van der Waals surface area contributed by atoms with E-state index in [1.807, 2.05) is 13.1 Å². The van der Waals surface area contributed by atoms with Crippen LogP contribution < -0.4 is 4.90 Å². The largest absolute Gasteiger partial charge is 0.418 e. The number of aryl methyl sites for hydroxylation is 2. The number of anilines is 1. The minimum absolute atomic E-state index is 0.0780. The van der Waals surface area contributed by atoms with Crippen LogP contribution in [0.2, 0.25) is 0 Å². The highest BCUT2D eigenvalue weighted by molar-refractivity contribution is 5.87. The number of allylic oxidation sites excluding steroid dienone is 2. The molecule has 0 N–H and O–H groups in total. The molecule has 0 amide bonds. The Morgan fingerprint density at radius 2 is 1.74 bits per heavy atom. The molecule has 198 valence electrons. The van der Waals surface area contributed by atoms with E-state index in [1.165, 1.54) is 34.7 Å². The van der Waals surface area contributed by atoms with E-state index < -0.39 is 18.2 Å². The van der Waals surface area contributed by atoms with Gasteiger partial charge in [-0.15, -0.1) is 0 Å². The lowest BCUT2D eigenvalue weighted by Crippen LogP contribution is -2.42. The summed E-state index contributed by atoms with van der Waals surface area (Å²) in [6, 6.07) is 11.5. The van der Waals surface area contributed by atoms with Gasteiger partial charge in [0, 0.05) is 37.4 Å². The second-order valence-corrected chi connectivity index (χ2v) is 10.5. The van der Waals surface area contributed by atoms with Gasteiger partial charge in [-0.2, -0.15) is 18.3 Å². The Hall–Kier alpha value is -3.62. The molecule has 4 aromatic rings. The predicted molar refractivity (Wildman–Crippen MR) is 138 cm³/mol. The van der Waals surface area contributed by atoms with Crippen LogP contribution in [0.4, 0.5) is 27.6 Å². The molecule has 6 rings (SSSR count). The van der Waals surface area contributed by atoms with Crippen LogP contribution in [0.15, 0.2) is 60.9 Å². The van der Waals surface area contributed by atoms with Crippen LogP contribution in [0.3, 0.4) is 0 Å². The highest BCUT2D eigenvalue weighted by atomic mass is 19.4. The van der Waals surface area contributed by atoms with Gasteiger partial charge in [0.25, 0.3) is 6.43 Å². The minimum Gasteiger partial charge on any atom is -0.371 e. The molecule has 0 radical (unpaired) electrons. The van der Waals surface area contributed by atoms with E-state index in [1.54, 1.807) is 0 Å². The highest BCUT2D eigenvalue weighted by Gasteiger charge is 2.43. The van der Waals surface area contributed by atoms with Crippen molar-refractivity contribution in [3.05, 3.63) is 83.3 Å². The number of halogens is 5. The van der Waals surface area contributed by atoms with Crippen LogP contribution in [-0.4, -0.2) is 27.4 Å². The third-order valence-electron chi connectivity index (χ3n) is 8.10. The van der Waals surface area contributed by atoms with Crippen LogP contribution in [0.25, 0.3) is 22.2 Å². The number of aromatic nitrogens is 3.